The van der Waals surface area contributed by atoms with Gasteiger partial charge in [0.05, 0.1) is 12.1 Å². The smallest absolute Gasteiger partial charge is 0.0739 e. The third kappa shape index (κ3) is 1.63. The van der Waals surface area contributed by atoms with Crippen LogP contribution in [0.2, 0.25) is 5.02 Å². The number of pyridine rings is 1. The Bertz CT molecular complexity index is 607. The summed E-state index contributed by atoms with van der Waals surface area (Å²) in [6.45, 7) is 2.09. The highest BCUT2D eigenvalue weighted by Crippen LogP contribution is 2.32. The minimum atomic E-state index is 0.0706. The molecule has 1 aromatic carbocycles. The van der Waals surface area contributed by atoms with Gasteiger partial charge in [0, 0.05) is 16.1 Å². The van der Waals surface area contributed by atoms with Crippen molar-refractivity contribution in [1.82, 2.24) is 4.98 Å². The third-order valence-corrected chi connectivity index (χ3v) is 3.77. The summed E-state index contributed by atoms with van der Waals surface area (Å²) >= 11 is 6.09. The van der Waals surface area contributed by atoms with Crippen molar-refractivity contribution in [2.24, 2.45) is 0 Å². The Morgan fingerprint density at radius 1 is 1.35 bits per heavy atom. The molecular formula is C14H14ClNO. The first kappa shape index (κ1) is 11.0. The summed E-state index contributed by atoms with van der Waals surface area (Å²) in [5.41, 5.74) is 5.48. The van der Waals surface area contributed by atoms with Crippen LogP contribution in [0, 0.1) is 6.92 Å². The molecule has 1 heterocycles. The van der Waals surface area contributed by atoms with Gasteiger partial charge in [-0.3, -0.25) is 4.98 Å². The Kier molecular flexibility index (Phi) is 2.57. The van der Waals surface area contributed by atoms with Crippen molar-refractivity contribution in [2.75, 3.05) is 0 Å². The first-order valence-corrected chi connectivity index (χ1v) is 6.30. The van der Waals surface area contributed by atoms with Gasteiger partial charge in [0.1, 0.15) is 0 Å². The van der Waals surface area contributed by atoms with Crippen molar-refractivity contribution in [1.29, 1.82) is 0 Å². The highest BCUT2D eigenvalue weighted by Gasteiger charge is 2.19. The molecule has 1 aromatic heterocycles. The van der Waals surface area contributed by atoms with E-state index in [9.17, 15) is 5.11 Å². The molecule has 0 radical (unpaired) electrons. The van der Waals surface area contributed by atoms with Gasteiger partial charge in [0.15, 0.2) is 0 Å². The first-order valence-electron chi connectivity index (χ1n) is 5.92. The van der Waals surface area contributed by atoms with Gasteiger partial charge in [0.25, 0.3) is 0 Å². The van der Waals surface area contributed by atoms with Gasteiger partial charge in [-0.25, -0.2) is 0 Å². The predicted octanol–water partition coefficient (Wildman–Crippen LogP) is 3.18. The predicted molar refractivity (Wildman–Crippen MR) is 69.4 cm³/mol. The number of hydrogen-bond acceptors (Lipinski definition) is 2. The van der Waals surface area contributed by atoms with Crippen LogP contribution in [-0.4, -0.2) is 10.1 Å². The van der Waals surface area contributed by atoms with Crippen molar-refractivity contribution in [2.45, 2.75) is 32.8 Å². The van der Waals surface area contributed by atoms with E-state index in [-0.39, 0.29) is 6.61 Å². The number of aliphatic hydroxyl groups is 1. The summed E-state index contributed by atoms with van der Waals surface area (Å²) in [4.78, 5) is 4.74. The fourth-order valence-electron chi connectivity index (χ4n) is 2.77. The third-order valence-electron chi connectivity index (χ3n) is 3.55. The van der Waals surface area contributed by atoms with Crippen LogP contribution >= 0.6 is 11.6 Å². The van der Waals surface area contributed by atoms with Gasteiger partial charge >= 0.3 is 0 Å². The van der Waals surface area contributed by atoms with E-state index in [1.54, 1.807) is 0 Å². The number of aliphatic hydroxyl groups excluding tert-OH is 1. The SMILES string of the molecule is Cc1cc(Cl)cc2c(CO)c3c(nc12)CCC3. The molecule has 2 nitrogen and oxygen atoms in total. The van der Waals surface area contributed by atoms with Crippen LogP contribution in [0.4, 0.5) is 0 Å². The molecule has 0 bridgehead atoms. The fraction of sp³-hybridized carbons (Fsp3) is 0.357. The Morgan fingerprint density at radius 2 is 2.18 bits per heavy atom. The molecule has 0 amide bonds. The van der Waals surface area contributed by atoms with Gasteiger partial charge in [-0.05, 0) is 55.0 Å². The molecule has 0 saturated heterocycles. The molecule has 3 heteroatoms. The lowest BCUT2D eigenvalue weighted by molar-refractivity contribution is 0.282. The van der Waals surface area contributed by atoms with Crippen molar-refractivity contribution < 1.29 is 5.11 Å². The van der Waals surface area contributed by atoms with E-state index in [0.717, 1.165) is 47.0 Å². The van der Waals surface area contributed by atoms with Gasteiger partial charge in [-0.2, -0.15) is 0 Å². The van der Waals surface area contributed by atoms with Crippen LogP contribution in [0.1, 0.15) is 28.8 Å². The maximum Gasteiger partial charge on any atom is 0.0739 e. The zero-order valence-corrected chi connectivity index (χ0v) is 10.5. The van der Waals surface area contributed by atoms with E-state index < -0.39 is 0 Å². The Hall–Kier alpha value is -1.12. The van der Waals surface area contributed by atoms with Gasteiger partial charge in [-0.1, -0.05) is 11.6 Å². The number of aromatic nitrogens is 1. The van der Waals surface area contributed by atoms with E-state index in [0.29, 0.717) is 5.02 Å². The Morgan fingerprint density at radius 3 is 2.94 bits per heavy atom. The van der Waals surface area contributed by atoms with Gasteiger partial charge in [0.2, 0.25) is 0 Å². The molecule has 2 aromatic rings. The molecule has 3 rings (SSSR count). The zero-order chi connectivity index (χ0) is 12.0. The van der Waals surface area contributed by atoms with Gasteiger partial charge < -0.3 is 5.11 Å². The quantitative estimate of drug-likeness (QED) is 0.840. The molecule has 88 valence electrons. The Labute approximate surface area is 105 Å². The highest BCUT2D eigenvalue weighted by atomic mass is 35.5. The van der Waals surface area contributed by atoms with Crippen LogP contribution < -0.4 is 0 Å². The van der Waals surface area contributed by atoms with Crippen molar-refractivity contribution in [3.8, 4) is 0 Å². The lowest BCUT2D eigenvalue weighted by Crippen LogP contribution is -2.00. The summed E-state index contributed by atoms with van der Waals surface area (Å²) in [5.74, 6) is 0. The summed E-state index contributed by atoms with van der Waals surface area (Å²) in [6, 6.07) is 3.85. The second-order valence-electron chi connectivity index (χ2n) is 4.65. The lowest BCUT2D eigenvalue weighted by Gasteiger charge is -2.12. The number of aryl methyl sites for hydroxylation is 2. The average molecular weight is 248 g/mol. The van der Waals surface area contributed by atoms with Crippen LogP contribution in [0.3, 0.4) is 0 Å². The normalized spacial score (nSPS) is 14.3. The molecule has 0 aliphatic heterocycles. The van der Waals surface area contributed by atoms with Crippen LogP contribution in [0.25, 0.3) is 10.9 Å². The fourth-order valence-corrected chi connectivity index (χ4v) is 3.04. The standard InChI is InChI=1S/C14H14ClNO/c1-8-5-9(15)6-11-12(7-17)10-3-2-4-13(10)16-14(8)11/h5-6,17H,2-4,7H2,1H3. The molecule has 0 saturated carbocycles. The minimum absolute atomic E-state index is 0.0706. The van der Waals surface area contributed by atoms with Crippen LogP contribution in [-0.2, 0) is 19.4 Å². The van der Waals surface area contributed by atoms with E-state index in [1.807, 2.05) is 19.1 Å². The van der Waals surface area contributed by atoms with Crippen molar-refractivity contribution >= 4 is 22.5 Å². The minimum Gasteiger partial charge on any atom is -0.392 e. The second-order valence-corrected chi connectivity index (χ2v) is 5.08. The molecule has 1 N–H and O–H groups in total. The molecule has 0 atom stereocenters. The number of fused-ring (bicyclic) bond motifs is 2. The number of benzene rings is 1. The van der Waals surface area contributed by atoms with E-state index in [1.165, 1.54) is 5.56 Å². The topological polar surface area (TPSA) is 33.1 Å². The average Bonchev–Trinajstić information content (AvgIpc) is 2.74. The maximum absolute atomic E-state index is 9.61. The van der Waals surface area contributed by atoms with Crippen molar-refractivity contribution in [3.63, 3.8) is 0 Å². The van der Waals surface area contributed by atoms with E-state index in [2.05, 4.69) is 0 Å². The largest absolute Gasteiger partial charge is 0.392 e. The number of hydrogen-bond donors (Lipinski definition) is 1. The summed E-state index contributed by atoms with van der Waals surface area (Å²) in [7, 11) is 0. The second kappa shape index (κ2) is 3.97. The summed E-state index contributed by atoms with van der Waals surface area (Å²) in [5, 5.41) is 11.3. The zero-order valence-electron chi connectivity index (χ0n) is 9.76. The van der Waals surface area contributed by atoms with Crippen LogP contribution in [0.5, 0.6) is 0 Å². The molecule has 0 spiro atoms. The lowest BCUT2D eigenvalue weighted by atomic mass is 10.00. The van der Waals surface area contributed by atoms with E-state index in [4.69, 9.17) is 16.6 Å². The summed E-state index contributed by atoms with van der Waals surface area (Å²) in [6.07, 6.45) is 3.19. The highest BCUT2D eigenvalue weighted by molar-refractivity contribution is 6.31. The molecule has 1 aliphatic rings. The maximum atomic E-state index is 9.61. The Balaban J connectivity index is 2.45. The number of halogens is 1. The van der Waals surface area contributed by atoms with Crippen molar-refractivity contribution in [3.05, 3.63) is 39.5 Å². The number of nitrogens with zero attached hydrogens (tertiary/aromatic N) is 1. The molecule has 17 heavy (non-hydrogen) atoms. The van der Waals surface area contributed by atoms with Gasteiger partial charge in [-0.15, -0.1) is 0 Å². The van der Waals surface area contributed by atoms with E-state index >= 15 is 0 Å². The molecular weight excluding hydrogens is 234 g/mol. The molecule has 1 aliphatic carbocycles. The number of rotatable bonds is 1. The molecule has 0 fully saturated rings. The van der Waals surface area contributed by atoms with Crippen LogP contribution in [0.15, 0.2) is 12.1 Å². The molecule has 0 unspecified atom stereocenters. The summed E-state index contributed by atoms with van der Waals surface area (Å²) < 4.78 is 0. The monoisotopic (exact) mass is 247 g/mol. The first-order chi connectivity index (χ1) is 8.20.